The highest BCUT2D eigenvalue weighted by Gasteiger charge is 2.16. The lowest BCUT2D eigenvalue weighted by Crippen LogP contribution is -2.08. The van der Waals surface area contributed by atoms with Gasteiger partial charge in [0.2, 0.25) is 5.91 Å². The zero-order valence-corrected chi connectivity index (χ0v) is 12.6. The lowest BCUT2D eigenvalue weighted by molar-refractivity contribution is -0.111. The van der Waals surface area contributed by atoms with Crippen LogP contribution in [-0.4, -0.2) is 10.9 Å². The van der Waals surface area contributed by atoms with Crippen molar-refractivity contribution in [2.75, 3.05) is 5.32 Å². The van der Waals surface area contributed by atoms with Crippen molar-refractivity contribution in [1.29, 1.82) is 0 Å². The number of benzene rings is 2. The van der Waals surface area contributed by atoms with Gasteiger partial charge in [0.05, 0.1) is 0 Å². The molecule has 23 heavy (non-hydrogen) atoms. The lowest BCUT2D eigenvalue weighted by atomic mass is 10.0. The van der Waals surface area contributed by atoms with E-state index in [1.54, 1.807) is 24.5 Å². The second-order valence-electron chi connectivity index (χ2n) is 5.72. The fraction of sp³-hybridized carbons (Fsp3) is 0.100. The van der Waals surface area contributed by atoms with Gasteiger partial charge >= 0.3 is 0 Å². The molecular formula is C20H16N2O. The molecule has 4 rings (SSSR count). The van der Waals surface area contributed by atoms with Gasteiger partial charge in [0.1, 0.15) is 0 Å². The molecule has 0 radical (unpaired) electrons. The summed E-state index contributed by atoms with van der Waals surface area (Å²) in [6.07, 6.45) is 8.94. The Morgan fingerprint density at radius 2 is 1.78 bits per heavy atom. The van der Waals surface area contributed by atoms with E-state index in [4.69, 9.17) is 0 Å². The monoisotopic (exact) mass is 300 g/mol. The number of hydrogen-bond acceptors (Lipinski definition) is 2. The summed E-state index contributed by atoms with van der Waals surface area (Å²) >= 11 is 0. The fourth-order valence-electron chi connectivity index (χ4n) is 3.18. The van der Waals surface area contributed by atoms with E-state index in [-0.39, 0.29) is 5.91 Å². The van der Waals surface area contributed by atoms with E-state index in [0.717, 1.165) is 29.5 Å². The number of aromatic nitrogens is 1. The van der Waals surface area contributed by atoms with Crippen LogP contribution >= 0.6 is 0 Å². The van der Waals surface area contributed by atoms with E-state index < -0.39 is 0 Å². The molecule has 1 amide bonds. The smallest absolute Gasteiger partial charge is 0.248 e. The van der Waals surface area contributed by atoms with Crippen molar-refractivity contribution >= 4 is 28.4 Å². The molecule has 3 nitrogen and oxygen atoms in total. The van der Waals surface area contributed by atoms with Crippen LogP contribution in [0.4, 0.5) is 5.69 Å². The first-order chi connectivity index (χ1) is 11.3. The summed E-state index contributed by atoms with van der Waals surface area (Å²) < 4.78 is 0. The first-order valence-corrected chi connectivity index (χ1v) is 7.74. The highest BCUT2D eigenvalue weighted by Crippen LogP contribution is 2.34. The minimum atomic E-state index is -0.125. The molecule has 112 valence electrons. The van der Waals surface area contributed by atoms with E-state index in [2.05, 4.69) is 34.6 Å². The fourth-order valence-corrected chi connectivity index (χ4v) is 3.18. The molecule has 0 atom stereocenters. The topological polar surface area (TPSA) is 42.0 Å². The molecule has 0 saturated heterocycles. The summed E-state index contributed by atoms with van der Waals surface area (Å²) in [5, 5.41) is 5.43. The van der Waals surface area contributed by atoms with E-state index in [9.17, 15) is 4.79 Å². The summed E-state index contributed by atoms with van der Waals surface area (Å²) in [4.78, 5) is 16.2. The van der Waals surface area contributed by atoms with E-state index in [1.807, 2.05) is 18.2 Å². The average Bonchev–Trinajstić information content (AvgIpc) is 3.01. The van der Waals surface area contributed by atoms with Gasteiger partial charge in [0.25, 0.3) is 0 Å². The van der Waals surface area contributed by atoms with Crippen LogP contribution in [0.5, 0.6) is 0 Å². The third-order valence-corrected chi connectivity index (χ3v) is 4.27. The van der Waals surface area contributed by atoms with Gasteiger partial charge in [-0.3, -0.25) is 9.78 Å². The molecule has 1 aliphatic rings. The average molecular weight is 300 g/mol. The third kappa shape index (κ3) is 2.61. The van der Waals surface area contributed by atoms with Gasteiger partial charge in [-0.25, -0.2) is 0 Å². The number of nitrogens with one attached hydrogen (secondary N) is 1. The lowest BCUT2D eigenvalue weighted by Gasteiger charge is -2.09. The predicted octanol–water partition coefficient (Wildman–Crippen LogP) is 3.99. The molecule has 3 aromatic rings. The number of pyridine rings is 1. The standard InChI is InChI=1S/C20H16N2O/c23-19(9-4-14-10-12-21-13-11-14)22-18-8-7-16-6-5-15-2-1-3-17(18)20(15)16/h1-4,7-13H,5-6H2,(H,22,23)/b9-4+. The van der Waals surface area contributed by atoms with Crippen LogP contribution in [0, 0.1) is 0 Å². The van der Waals surface area contributed by atoms with Gasteiger partial charge in [0, 0.05) is 29.5 Å². The molecule has 0 bridgehead atoms. The molecule has 0 aliphatic heterocycles. The second-order valence-corrected chi connectivity index (χ2v) is 5.72. The molecule has 1 aliphatic carbocycles. The molecule has 0 fully saturated rings. The van der Waals surface area contributed by atoms with E-state index in [1.165, 1.54) is 16.5 Å². The molecule has 1 aromatic heterocycles. The van der Waals surface area contributed by atoms with Gasteiger partial charge in [-0.2, -0.15) is 0 Å². The molecular weight excluding hydrogens is 284 g/mol. The maximum atomic E-state index is 12.2. The minimum absolute atomic E-state index is 0.125. The minimum Gasteiger partial charge on any atom is -0.322 e. The van der Waals surface area contributed by atoms with Crippen LogP contribution in [0.2, 0.25) is 0 Å². The molecule has 1 heterocycles. The maximum absolute atomic E-state index is 12.2. The van der Waals surface area contributed by atoms with Crippen molar-refractivity contribution in [3.05, 3.63) is 77.6 Å². The van der Waals surface area contributed by atoms with Gasteiger partial charge in [-0.1, -0.05) is 24.3 Å². The molecule has 0 unspecified atom stereocenters. The highest BCUT2D eigenvalue weighted by molar-refractivity contribution is 6.09. The number of amides is 1. The molecule has 2 aromatic carbocycles. The predicted molar refractivity (Wildman–Crippen MR) is 93.3 cm³/mol. The first kappa shape index (κ1) is 13.7. The summed E-state index contributed by atoms with van der Waals surface area (Å²) in [5.41, 5.74) is 4.58. The number of rotatable bonds is 3. The van der Waals surface area contributed by atoms with Crippen LogP contribution in [0.15, 0.2) is 60.9 Å². The quantitative estimate of drug-likeness (QED) is 0.743. The van der Waals surface area contributed by atoms with Crippen LogP contribution in [0.3, 0.4) is 0 Å². The first-order valence-electron chi connectivity index (χ1n) is 7.74. The molecule has 0 saturated carbocycles. The highest BCUT2D eigenvalue weighted by atomic mass is 16.1. The number of hydrogen-bond donors (Lipinski definition) is 1. The van der Waals surface area contributed by atoms with Crippen molar-refractivity contribution in [2.45, 2.75) is 12.8 Å². The Labute approximate surface area is 134 Å². The Bertz CT molecular complexity index is 903. The van der Waals surface area contributed by atoms with E-state index >= 15 is 0 Å². The van der Waals surface area contributed by atoms with Gasteiger partial charge in [0.15, 0.2) is 0 Å². The summed E-state index contributed by atoms with van der Waals surface area (Å²) in [7, 11) is 0. The third-order valence-electron chi connectivity index (χ3n) is 4.27. The van der Waals surface area contributed by atoms with Crippen LogP contribution < -0.4 is 5.32 Å². The summed E-state index contributed by atoms with van der Waals surface area (Å²) in [5.74, 6) is -0.125. The van der Waals surface area contributed by atoms with Crippen LogP contribution in [0.1, 0.15) is 16.7 Å². The number of carbonyl (C=O) groups is 1. The second kappa shape index (κ2) is 5.69. The molecule has 3 heteroatoms. The Morgan fingerprint density at radius 1 is 1.00 bits per heavy atom. The Hall–Kier alpha value is -2.94. The van der Waals surface area contributed by atoms with Crippen molar-refractivity contribution in [3.63, 3.8) is 0 Å². The normalized spacial score (nSPS) is 12.9. The largest absolute Gasteiger partial charge is 0.322 e. The maximum Gasteiger partial charge on any atom is 0.248 e. The Morgan fingerprint density at radius 3 is 2.61 bits per heavy atom. The van der Waals surface area contributed by atoms with E-state index in [0.29, 0.717) is 0 Å². The number of aryl methyl sites for hydroxylation is 2. The summed E-state index contributed by atoms with van der Waals surface area (Å²) in [6, 6.07) is 14.2. The van der Waals surface area contributed by atoms with Crippen LogP contribution in [0.25, 0.3) is 16.8 Å². The van der Waals surface area contributed by atoms with Gasteiger partial charge in [-0.15, -0.1) is 0 Å². The zero-order chi connectivity index (χ0) is 15.6. The van der Waals surface area contributed by atoms with Gasteiger partial charge < -0.3 is 5.32 Å². The number of nitrogens with zero attached hydrogens (tertiary/aromatic N) is 1. The van der Waals surface area contributed by atoms with Crippen molar-refractivity contribution in [3.8, 4) is 0 Å². The van der Waals surface area contributed by atoms with Crippen molar-refractivity contribution in [1.82, 2.24) is 4.98 Å². The number of anilines is 1. The SMILES string of the molecule is O=C(/C=C/c1ccncc1)Nc1ccc2c3c(cccc13)CC2. The van der Waals surface area contributed by atoms with Gasteiger partial charge in [-0.05, 0) is 59.2 Å². The number of carbonyl (C=O) groups excluding carboxylic acids is 1. The summed E-state index contributed by atoms with van der Waals surface area (Å²) in [6.45, 7) is 0. The van der Waals surface area contributed by atoms with Crippen molar-refractivity contribution in [2.24, 2.45) is 0 Å². The Kier molecular flexibility index (Phi) is 3.39. The van der Waals surface area contributed by atoms with Crippen LogP contribution in [-0.2, 0) is 17.6 Å². The molecule has 1 N–H and O–H groups in total. The molecule has 0 spiro atoms. The zero-order valence-electron chi connectivity index (χ0n) is 12.6. The Balaban J connectivity index is 1.61. The van der Waals surface area contributed by atoms with Crippen molar-refractivity contribution < 1.29 is 4.79 Å².